The smallest absolute Gasteiger partial charge is 0.128 e. The third-order valence-corrected chi connectivity index (χ3v) is 4.24. The number of nitrogens with one attached hydrogen (secondary N) is 1. The van der Waals surface area contributed by atoms with Crippen LogP contribution in [0.25, 0.3) is 0 Å². The van der Waals surface area contributed by atoms with Gasteiger partial charge in [0.2, 0.25) is 0 Å². The molecule has 0 radical (unpaired) electrons. The second kappa shape index (κ2) is 7.72. The van der Waals surface area contributed by atoms with E-state index in [1.54, 1.807) is 0 Å². The fraction of sp³-hybridized carbons (Fsp3) is 0.765. The molecular weight excluding hydrogens is 246 g/mol. The van der Waals surface area contributed by atoms with E-state index in [1.165, 1.54) is 42.6 Å². The number of aryl methyl sites for hydroxylation is 3. The minimum atomic E-state index is 0.762. The Balaban J connectivity index is 2.01. The molecule has 0 bridgehead atoms. The number of unbranched alkanes of at least 4 members (excludes halogenated alkanes) is 1. The van der Waals surface area contributed by atoms with E-state index in [2.05, 4.69) is 26.1 Å². The molecule has 0 amide bonds. The maximum atomic E-state index is 4.81. The van der Waals surface area contributed by atoms with Crippen molar-refractivity contribution < 1.29 is 0 Å². The summed E-state index contributed by atoms with van der Waals surface area (Å²) >= 11 is 0. The number of nitrogens with zero attached hydrogens (tertiary/aromatic N) is 2. The summed E-state index contributed by atoms with van der Waals surface area (Å²) in [6.45, 7) is 8.88. The molecule has 3 heteroatoms. The molecule has 2 rings (SSSR count). The predicted molar refractivity (Wildman–Crippen MR) is 84.1 cm³/mol. The molecule has 0 saturated carbocycles. The maximum absolute atomic E-state index is 4.81. The summed E-state index contributed by atoms with van der Waals surface area (Å²) in [7, 11) is 0. The van der Waals surface area contributed by atoms with E-state index >= 15 is 0 Å². The second-order valence-electron chi connectivity index (χ2n) is 6.07. The summed E-state index contributed by atoms with van der Waals surface area (Å²) in [5, 5.41) is 3.55. The van der Waals surface area contributed by atoms with Crippen LogP contribution in [0.2, 0.25) is 0 Å². The SMILES string of the molecule is CCCCc1nc(C)c2c(n1)CCC(CNCCC)C2. The van der Waals surface area contributed by atoms with Crippen molar-refractivity contribution >= 4 is 0 Å². The van der Waals surface area contributed by atoms with Crippen LogP contribution in [0, 0.1) is 12.8 Å². The van der Waals surface area contributed by atoms with Gasteiger partial charge in [-0.05, 0) is 63.6 Å². The molecule has 1 heterocycles. The zero-order chi connectivity index (χ0) is 14.4. The number of hydrogen-bond donors (Lipinski definition) is 1. The van der Waals surface area contributed by atoms with Crippen LogP contribution in [-0.4, -0.2) is 23.1 Å². The van der Waals surface area contributed by atoms with E-state index < -0.39 is 0 Å². The van der Waals surface area contributed by atoms with Crippen molar-refractivity contribution in [3.63, 3.8) is 0 Å². The van der Waals surface area contributed by atoms with Crippen LogP contribution in [0.5, 0.6) is 0 Å². The van der Waals surface area contributed by atoms with Crippen molar-refractivity contribution in [1.82, 2.24) is 15.3 Å². The van der Waals surface area contributed by atoms with Crippen LogP contribution < -0.4 is 5.32 Å². The first-order valence-electron chi connectivity index (χ1n) is 8.30. The predicted octanol–water partition coefficient (Wildman–Crippen LogP) is 3.23. The van der Waals surface area contributed by atoms with Crippen LogP contribution in [0.4, 0.5) is 0 Å². The maximum Gasteiger partial charge on any atom is 0.128 e. The molecule has 112 valence electrons. The molecule has 3 nitrogen and oxygen atoms in total. The number of rotatable bonds is 7. The lowest BCUT2D eigenvalue weighted by molar-refractivity contribution is 0.417. The van der Waals surface area contributed by atoms with Crippen molar-refractivity contribution in [1.29, 1.82) is 0 Å². The van der Waals surface area contributed by atoms with Gasteiger partial charge in [-0.15, -0.1) is 0 Å². The summed E-state index contributed by atoms with van der Waals surface area (Å²) in [5.74, 6) is 1.82. The van der Waals surface area contributed by atoms with Crippen molar-refractivity contribution in [2.24, 2.45) is 5.92 Å². The minimum Gasteiger partial charge on any atom is -0.316 e. The fourth-order valence-electron chi connectivity index (χ4n) is 3.03. The first kappa shape index (κ1) is 15.4. The van der Waals surface area contributed by atoms with Gasteiger partial charge in [-0.25, -0.2) is 9.97 Å². The molecule has 1 atom stereocenters. The van der Waals surface area contributed by atoms with E-state index in [9.17, 15) is 0 Å². The van der Waals surface area contributed by atoms with Crippen LogP contribution >= 0.6 is 0 Å². The quantitative estimate of drug-likeness (QED) is 0.776. The third kappa shape index (κ3) is 4.02. The lowest BCUT2D eigenvalue weighted by Crippen LogP contribution is -2.29. The lowest BCUT2D eigenvalue weighted by Gasteiger charge is -2.25. The molecule has 1 aromatic rings. The van der Waals surface area contributed by atoms with Gasteiger partial charge >= 0.3 is 0 Å². The monoisotopic (exact) mass is 275 g/mol. The molecule has 0 aliphatic heterocycles. The summed E-state index contributed by atoms with van der Waals surface area (Å²) in [6.07, 6.45) is 8.22. The zero-order valence-corrected chi connectivity index (χ0v) is 13.3. The third-order valence-electron chi connectivity index (χ3n) is 4.24. The highest BCUT2D eigenvalue weighted by Gasteiger charge is 2.22. The van der Waals surface area contributed by atoms with E-state index in [0.717, 1.165) is 44.1 Å². The van der Waals surface area contributed by atoms with Crippen molar-refractivity contribution in [3.8, 4) is 0 Å². The van der Waals surface area contributed by atoms with Gasteiger partial charge in [-0.3, -0.25) is 0 Å². The molecule has 1 aliphatic rings. The Hall–Kier alpha value is -0.960. The van der Waals surface area contributed by atoms with E-state index in [4.69, 9.17) is 9.97 Å². The van der Waals surface area contributed by atoms with Crippen molar-refractivity contribution in [2.75, 3.05) is 13.1 Å². The van der Waals surface area contributed by atoms with Crippen molar-refractivity contribution in [2.45, 2.75) is 65.7 Å². The molecule has 1 unspecified atom stereocenters. The highest BCUT2D eigenvalue weighted by molar-refractivity contribution is 5.28. The normalized spacial score (nSPS) is 18.1. The van der Waals surface area contributed by atoms with E-state index in [-0.39, 0.29) is 0 Å². The number of aromatic nitrogens is 2. The van der Waals surface area contributed by atoms with Gasteiger partial charge in [0.15, 0.2) is 0 Å². The Morgan fingerprint density at radius 1 is 1.20 bits per heavy atom. The highest BCUT2D eigenvalue weighted by Crippen LogP contribution is 2.26. The molecule has 1 aromatic heterocycles. The first-order valence-corrected chi connectivity index (χ1v) is 8.30. The minimum absolute atomic E-state index is 0.762. The van der Waals surface area contributed by atoms with E-state index in [1.807, 2.05) is 0 Å². The van der Waals surface area contributed by atoms with Gasteiger partial charge in [0, 0.05) is 17.8 Å². The molecule has 0 saturated heterocycles. The van der Waals surface area contributed by atoms with Crippen LogP contribution in [0.3, 0.4) is 0 Å². The Labute approximate surface area is 123 Å². The Bertz CT molecular complexity index is 428. The fourth-order valence-corrected chi connectivity index (χ4v) is 3.03. The topological polar surface area (TPSA) is 37.8 Å². The van der Waals surface area contributed by atoms with Gasteiger partial charge < -0.3 is 5.32 Å². The summed E-state index contributed by atoms with van der Waals surface area (Å²) in [6, 6.07) is 0. The summed E-state index contributed by atoms with van der Waals surface area (Å²) < 4.78 is 0. The Morgan fingerprint density at radius 3 is 2.80 bits per heavy atom. The van der Waals surface area contributed by atoms with Crippen LogP contribution in [0.15, 0.2) is 0 Å². The standard InChI is InChI=1S/C17H29N3/c1-4-6-7-17-19-13(3)15-11-14(12-18-10-5-2)8-9-16(15)20-17/h14,18H,4-12H2,1-3H3. The molecule has 0 fully saturated rings. The summed E-state index contributed by atoms with van der Waals surface area (Å²) in [4.78, 5) is 9.53. The van der Waals surface area contributed by atoms with Gasteiger partial charge in [0.25, 0.3) is 0 Å². The lowest BCUT2D eigenvalue weighted by atomic mass is 9.85. The molecule has 1 aliphatic carbocycles. The Kier molecular flexibility index (Phi) is 5.96. The Morgan fingerprint density at radius 2 is 2.05 bits per heavy atom. The van der Waals surface area contributed by atoms with Gasteiger partial charge in [-0.1, -0.05) is 20.3 Å². The first-order chi connectivity index (χ1) is 9.74. The summed E-state index contributed by atoms with van der Waals surface area (Å²) in [5.41, 5.74) is 3.98. The second-order valence-corrected chi connectivity index (χ2v) is 6.07. The molecule has 0 spiro atoms. The molecule has 20 heavy (non-hydrogen) atoms. The van der Waals surface area contributed by atoms with Crippen LogP contribution in [-0.2, 0) is 19.3 Å². The van der Waals surface area contributed by atoms with Crippen molar-refractivity contribution in [3.05, 3.63) is 22.8 Å². The van der Waals surface area contributed by atoms with Gasteiger partial charge in [-0.2, -0.15) is 0 Å². The zero-order valence-electron chi connectivity index (χ0n) is 13.3. The number of fused-ring (bicyclic) bond motifs is 1. The van der Waals surface area contributed by atoms with Crippen LogP contribution in [0.1, 0.15) is 62.3 Å². The molecule has 1 N–H and O–H groups in total. The average Bonchev–Trinajstić information content (AvgIpc) is 2.46. The average molecular weight is 275 g/mol. The molecular formula is C17H29N3. The number of hydrogen-bond acceptors (Lipinski definition) is 3. The van der Waals surface area contributed by atoms with Gasteiger partial charge in [0.05, 0.1) is 0 Å². The van der Waals surface area contributed by atoms with Gasteiger partial charge in [0.1, 0.15) is 5.82 Å². The largest absolute Gasteiger partial charge is 0.316 e. The van der Waals surface area contributed by atoms with E-state index in [0.29, 0.717) is 0 Å². The molecule has 0 aromatic carbocycles. The highest BCUT2D eigenvalue weighted by atomic mass is 14.9.